The number of amides is 1. The van der Waals surface area contributed by atoms with Gasteiger partial charge in [0.2, 0.25) is 0 Å². The number of hydrogen-bond acceptors (Lipinski definition) is 4. The van der Waals surface area contributed by atoms with Gasteiger partial charge in [0.25, 0.3) is 5.91 Å². The predicted octanol–water partition coefficient (Wildman–Crippen LogP) is 1.38. The second-order valence-corrected chi connectivity index (χ2v) is 5.30. The van der Waals surface area contributed by atoms with Gasteiger partial charge in [-0.25, -0.2) is 4.98 Å². The number of anilines is 1. The number of hydrogen-bond donors (Lipinski definition) is 4. The van der Waals surface area contributed by atoms with Crippen molar-refractivity contribution in [3.05, 3.63) is 24.0 Å². The van der Waals surface area contributed by atoms with Gasteiger partial charge in [-0.2, -0.15) is 0 Å². The summed E-state index contributed by atoms with van der Waals surface area (Å²) in [6.45, 7) is 0. The van der Waals surface area contributed by atoms with Gasteiger partial charge >= 0.3 is 0 Å². The average Bonchev–Trinajstić information content (AvgIpc) is 2.90. The van der Waals surface area contributed by atoms with E-state index in [2.05, 4.69) is 15.3 Å². The van der Waals surface area contributed by atoms with Crippen molar-refractivity contribution in [1.29, 1.82) is 0 Å². The highest BCUT2D eigenvalue weighted by molar-refractivity contribution is 6.05. The summed E-state index contributed by atoms with van der Waals surface area (Å²) in [5.41, 5.74) is 7.31. The normalized spacial score (nSPS) is 22.9. The molecule has 106 valence electrons. The maximum atomic E-state index is 11.6. The lowest BCUT2D eigenvalue weighted by molar-refractivity contribution is 0.1000. The first-order valence-corrected chi connectivity index (χ1v) is 6.85. The molecule has 0 unspecified atom stereocenters. The van der Waals surface area contributed by atoms with E-state index in [4.69, 9.17) is 5.73 Å². The molecule has 20 heavy (non-hydrogen) atoms. The standard InChI is InChI=1S/C14H18N4O2/c15-13(20)11-7-17-14-10(5-6-16-14)12(11)18-8-1-3-9(19)4-2-8/h5-9,19H,1-4H2,(H2,15,20)(H2,16,17,18)/t8-,9-. The van der Waals surface area contributed by atoms with Crippen molar-refractivity contribution in [2.24, 2.45) is 5.73 Å². The molecular formula is C14H18N4O2. The topological polar surface area (TPSA) is 104 Å². The molecule has 5 N–H and O–H groups in total. The third-order valence-electron chi connectivity index (χ3n) is 3.90. The molecule has 0 spiro atoms. The molecule has 0 aromatic carbocycles. The molecule has 2 aromatic rings. The largest absolute Gasteiger partial charge is 0.393 e. The van der Waals surface area contributed by atoms with Crippen molar-refractivity contribution in [1.82, 2.24) is 9.97 Å². The molecule has 0 radical (unpaired) electrons. The molecule has 6 heteroatoms. The van der Waals surface area contributed by atoms with Crippen molar-refractivity contribution in [2.45, 2.75) is 37.8 Å². The summed E-state index contributed by atoms with van der Waals surface area (Å²) in [6.07, 6.45) is 6.42. The highest BCUT2D eigenvalue weighted by Gasteiger charge is 2.22. The van der Waals surface area contributed by atoms with E-state index < -0.39 is 5.91 Å². The lowest BCUT2D eigenvalue weighted by atomic mass is 9.92. The molecule has 1 aliphatic rings. The number of primary amides is 1. The van der Waals surface area contributed by atoms with Crippen LogP contribution in [0.15, 0.2) is 18.5 Å². The number of aromatic amines is 1. The van der Waals surface area contributed by atoms with Crippen LogP contribution < -0.4 is 11.1 Å². The van der Waals surface area contributed by atoms with Crippen LogP contribution in [0.1, 0.15) is 36.0 Å². The molecule has 6 nitrogen and oxygen atoms in total. The SMILES string of the molecule is NC(=O)c1cnc2[nH]ccc2c1N[C@H]1CC[C@H](O)CC1. The minimum atomic E-state index is -0.487. The Balaban J connectivity index is 1.94. The smallest absolute Gasteiger partial charge is 0.252 e. The predicted molar refractivity (Wildman–Crippen MR) is 76.5 cm³/mol. The van der Waals surface area contributed by atoms with Crippen LogP contribution in [0.4, 0.5) is 5.69 Å². The van der Waals surface area contributed by atoms with E-state index in [1.54, 1.807) is 6.20 Å². The molecule has 0 atom stereocenters. The molecule has 3 rings (SSSR count). The molecule has 2 aromatic heterocycles. The molecule has 2 heterocycles. The zero-order valence-electron chi connectivity index (χ0n) is 11.1. The van der Waals surface area contributed by atoms with Gasteiger partial charge in [-0.3, -0.25) is 4.79 Å². The number of carbonyl (C=O) groups is 1. The summed E-state index contributed by atoms with van der Waals surface area (Å²) in [5.74, 6) is -0.487. The van der Waals surface area contributed by atoms with Crippen LogP contribution >= 0.6 is 0 Å². The van der Waals surface area contributed by atoms with Crippen molar-refractivity contribution >= 4 is 22.6 Å². The summed E-state index contributed by atoms with van der Waals surface area (Å²) < 4.78 is 0. The van der Waals surface area contributed by atoms with Crippen LogP contribution in [0.5, 0.6) is 0 Å². The number of nitrogens with two attached hydrogens (primary N) is 1. The Morgan fingerprint density at radius 1 is 1.40 bits per heavy atom. The Hall–Kier alpha value is -2.08. The fourth-order valence-corrected chi connectivity index (χ4v) is 2.77. The van der Waals surface area contributed by atoms with E-state index in [1.807, 2.05) is 6.07 Å². The van der Waals surface area contributed by atoms with E-state index in [1.165, 1.54) is 6.20 Å². The summed E-state index contributed by atoms with van der Waals surface area (Å²) in [6, 6.07) is 2.13. The third kappa shape index (κ3) is 2.34. The number of nitrogens with one attached hydrogen (secondary N) is 2. The number of aliphatic hydroxyl groups is 1. The number of carbonyl (C=O) groups excluding carboxylic acids is 1. The van der Waals surface area contributed by atoms with Crippen LogP contribution in [-0.4, -0.2) is 33.1 Å². The van der Waals surface area contributed by atoms with Crippen LogP contribution in [-0.2, 0) is 0 Å². The van der Waals surface area contributed by atoms with Crippen LogP contribution in [0.3, 0.4) is 0 Å². The highest BCUT2D eigenvalue weighted by Crippen LogP contribution is 2.29. The Kier molecular flexibility index (Phi) is 3.31. The van der Waals surface area contributed by atoms with Gasteiger partial charge in [0.1, 0.15) is 5.65 Å². The fourth-order valence-electron chi connectivity index (χ4n) is 2.77. The monoisotopic (exact) mass is 274 g/mol. The molecule has 1 amide bonds. The van der Waals surface area contributed by atoms with Crippen LogP contribution in [0, 0.1) is 0 Å². The summed E-state index contributed by atoms with van der Waals surface area (Å²) >= 11 is 0. The first kappa shape index (κ1) is 12.9. The molecular weight excluding hydrogens is 256 g/mol. The summed E-state index contributed by atoms with van der Waals surface area (Å²) in [5, 5.41) is 13.8. The van der Waals surface area contributed by atoms with Gasteiger partial charge in [0.05, 0.1) is 17.4 Å². The van der Waals surface area contributed by atoms with Crippen molar-refractivity contribution < 1.29 is 9.90 Å². The van der Waals surface area contributed by atoms with E-state index >= 15 is 0 Å². The second-order valence-electron chi connectivity index (χ2n) is 5.30. The third-order valence-corrected chi connectivity index (χ3v) is 3.90. The number of rotatable bonds is 3. The van der Waals surface area contributed by atoms with E-state index in [0.717, 1.165) is 42.4 Å². The quantitative estimate of drug-likeness (QED) is 0.678. The number of nitrogens with zero attached hydrogens (tertiary/aromatic N) is 1. The van der Waals surface area contributed by atoms with Gasteiger partial charge in [0, 0.05) is 23.8 Å². The maximum absolute atomic E-state index is 11.6. The highest BCUT2D eigenvalue weighted by atomic mass is 16.3. The van der Waals surface area contributed by atoms with Gasteiger partial charge in [-0.1, -0.05) is 0 Å². The number of aromatic nitrogens is 2. The fraction of sp³-hybridized carbons (Fsp3) is 0.429. The van der Waals surface area contributed by atoms with Gasteiger partial charge < -0.3 is 21.1 Å². The van der Waals surface area contributed by atoms with Gasteiger partial charge in [-0.15, -0.1) is 0 Å². The molecule has 1 saturated carbocycles. The van der Waals surface area contributed by atoms with Crippen LogP contribution in [0.2, 0.25) is 0 Å². The Morgan fingerprint density at radius 3 is 2.85 bits per heavy atom. The average molecular weight is 274 g/mol. The van der Waals surface area contributed by atoms with Crippen molar-refractivity contribution in [3.8, 4) is 0 Å². The number of H-pyrrole nitrogens is 1. The zero-order valence-corrected chi connectivity index (χ0v) is 11.1. The number of pyridine rings is 1. The lowest BCUT2D eigenvalue weighted by Crippen LogP contribution is -2.29. The van der Waals surface area contributed by atoms with E-state index in [9.17, 15) is 9.90 Å². The molecule has 1 aliphatic carbocycles. The summed E-state index contributed by atoms with van der Waals surface area (Å²) in [4.78, 5) is 18.8. The minimum absolute atomic E-state index is 0.201. The molecule has 0 aliphatic heterocycles. The first-order chi connectivity index (χ1) is 9.65. The lowest BCUT2D eigenvalue weighted by Gasteiger charge is -2.27. The Bertz CT molecular complexity index is 629. The molecule has 0 bridgehead atoms. The van der Waals surface area contributed by atoms with Crippen molar-refractivity contribution in [3.63, 3.8) is 0 Å². The van der Waals surface area contributed by atoms with Crippen LogP contribution in [0.25, 0.3) is 11.0 Å². The zero-order chi connectivity index (χ0) is 14.1. The molecule has 0 saturated heterocycles. The van der Waals surface area contributed by atoms with Gasteiger partial charge in [-0.05, 0) is 31.7 Å². The van der Waals surface area contributed by atoms with E-state index in [-0.39, 0.29) is 12.1 Å². The minimum Gasteiger partial charge on any atom is -0.393 e. The number of aliphatic hydroxyl groups excluding tert-OH is 1. The van der Waals surface area contributed by atoms with Gasteiger partial charge in [0.15, 0.2) is 0 Å². The summed E-state index contributed by atoms with van der Waals surface area (Å²) in [7, 11) is 0. The first-order valence-electron chi connectivity index (χ1n) is 6.85. The van der Waals surface area contributed by atoms with Crippen molar-refractivity contribution in [2.75, 3.05) is 5.32 Å². The Morgan fingerprint density at radius 2 is 2.15 bits per heavy atom. The second kappa shape index (κ2) is 5.13. The number of fused-ring (bicyclic) bond motifs is 1. The maximum Gasteiger partial charge on any atom is 0.252 e. The Labute approximate surface area is 116 Å². The van der Waals surface area contributed by atoms with E-state index in [0.29, 0.717) is 5.56 Å². The molecule has 1 fully saturated rings.